The van der Waals surface area contributed by atoms with Crippen LogP contribution in [0.5, 0.6) is 0 Å². The van der Waals surface area contributed by atoms with E-state index in [0.717, 1.165) is 31.4 Å². The minimum Gasteiger partial charge on any atom is -0.314 e. The Balaban J connectivity index is 0.989. The fourth-order valence-electron chi connectivity index (χ4n) is 15.1. The monoisotopic (exact) mass is 1140 g/mol. The zero-order chi connectivity index (χ0) is 59.1. The average molecular weight is 1140 g/mol. The lowest BCUT2D eigenvalue weighted by atomic mass is 9.64. The van der Waals surface area contributed by atoms with E-state index in [4.69, 9.17) is 0 Å². The van der Waals surface area contributed by atoms with Gasteiger partial charge in [-0.2, -0.15) is 0 Å². The van der Waals surface area contributed by atoms with Crippen LogP contribution in [0.1, 0.15) is 69.7 Å². The first kappa shape index (κ1) is 53.6. The average Bonchev–Trinajstić information content (AvgIpc) is 1.53. The Morgan fingerprint density at radius 2 is 0.708 bits per heavy atom. The van der Waals surface area contributed by atoms with E-state index in [2.05, 4.69) is 345 Å². The summed E-state index contributed by atoms with van der Waals surface area (Å²) in [6.45, 7) is 0. The van der Waals surface area contributed by atoms with Crippen molar-refractivity contribution in [2.75, 3.05) is 4.90 Å². The maximum absolute atomic E-state index is 2.63. The van der Waals surface area contributed by atoms with E-state index < -0.39 is 5.41 Å². The number of anilines is 2. The molecule has 1 heteroatoms. The number of aryl methyl sites for hydroxylation is 1. The highest BCUT2D eigenvalue weighted by Gasteiger charge is 2.51. The summed E-state index contributed by atoms with van der Waals surface area (Å²) >= 11 is 0. The highest BCUT2D eigenvalue weighted by molar-refractivity contribution is 6.03. The molecule has 0 fully saturated rings. The van der Waals surface area contributed by atoms with Gasteiger partial charge in [0.2, 0.25) is 0 Å². The van der Waals surface area contributed by atoms with Crippen LogP contribution < -0.4 is 4.90 Å². The number of allylic oxidation sites excluding steroid dienone is 4. The van der Waals surface area contributed by atoms with Gasteiger partial charge in [0.15, 0.2) is 0 Å². The van der Waals surface area contributed by atoms with Crippen molar-refractivity contribution in [3.63, 3.8) is 0 Å². The van der Waals surface area contributed by atoms with Gasteiger partial charge in [-0.15, -0.1) is 0 Å². The van der Waals surface area contributed by atoms with Crippen LogP contribution in [0.2, 0.25) is 0 Å². The predicted octanol–water partition coefficient (Wildman–Crippen LogP) is 23.0. The second kappa shape index (κ2) is 23.1. The third kappa shape index (κ3) is 9.50. The number of benzene rings is 13. The van der Waals surface area contributed by atoms with Gasteiger partial charge in [0, 0.05) is 22.9 Å². The molecule has 13 aromatic carbocycles. The topological polar surface area (TPSA) is 3.24 Å². The van der Waals surface area contributed by atoms with E-state index in [1.54, 1.807) is 0 Å². The Bertz CT molecular complexity index is 4700. The second-order valence-electron chi connectivity index (χ2n) is 24.0. The third-order valence-corrected chi connectivity index (χ3v) is 19.2. The molecule has 1 spiro atoms. The standard InChI is InChI=1S/C88H65N/c1-5-23-62(24-6-1)66-46-43-61(44-47-66)45-60-73(70-50-48-67(49-51-70)63-25-7-2-8-26-63)80-37-21-40-83-86(80)87-84(88(83)81-38-19-17-35-78(81)76-33-15-13-31-74(76)75-32-14-16-34-77(75)79-36-18-20-39-82(79)88)41-22-42-85(87)89(71-56-52-68(53-57-71)64-27-9-3-10-28-64)72-58-54-69(55-59-72)65-29-11-4-12-30-65/h1-44,46-54,56-58,73H,45,55,59-60H2. The highest BCUT2D eigenvalue weighted by atomic mass is 15.2. The van der Waals surface area contributed by atoms with E-state index in [-0.39, 0.29) is 5.92 Å². The molecule has 0 N–H and O–H groups in total. The fourth-order valence-corrected chi connectivity index (χ4v) is 15.1. The van der Waals surface area contributed by atoms with Crippen LogP contribution in [0.15, 0.2) is 345 Å². The molecule has 3 aliphatic rings. The molecule has 1 nitrogen and oxygen atoms in total. The van der Waals surface area contributed by atoms with Crippen molar-refractivity contribution in [2.24, 2.45) is 0 Å². The molecular weight excluding hydrogens is 1070 g/mol. The second-order valence-corrected chi connectivity index (χ2v) is 24.0. The summed E-state index contributed by atoms with van der Waals surface area (Å²) in [6.07, 6.45) is 8.36. The van der Waals surface area contributed by atoms with Gasteiger partial charge < -0.3 is 4.90 Å². The van der Waals surface area contributed by atoms with E-state index in [0.29, 0.717) is 0 Å². The van der Waals surface area contributed by atoms with Gasteiger partial charge >= 0.3 is 0 Å². The number of hydrogen-bond donors (Lipinski definition) is 0. The molecule has 0 aromatic heterocycles. The van der Waals surface area contributed by atoms with Gasteiger partial charge in [-0.3, -0.25) is 0 Å². The molecule has 422 valence electrons. The summed E-state index contributed by atoms with van der Waals surface area (Å²) in [7, 11) is 0. The molecule has 0 aliphatic heterocycles. The molecule has 13 aromatic rings. The lowest BCUT2D eigenvalue weighted by Crippen LogP contribution is -2.30. The van der Waals surface area contributed by atoms with Crippen LogP contribution in [-0.4, -0.2) is 0 Å². The smallest absolute Gasteiger partial charge is 0.0726 e. The number of nitrogens with zero attached hydrogens (tertiary/aromatic N) is 1. The molecule has 16 rings (SSSR count). The van der Waals surface area contributed by atoms with Crippen molar-refractivity contribution < 1.29 is 0 Å². The summed E-state index contributed by atoms with van der Waals surface area (Å²) in [4.78, 5) is 2.63. The Labute approximate surface area is 523 Å². The molecule has 3 aliphatic carbocycles. The van der Waals surface area contributed by atoms with Crippen molar-refractivity contribution in [3.05, 3.63) is 390 Å². The van der Waals surface area contributed by atoms with Crippen LogP contribution in [0.25, 0.3) is 83.5 Å². The van der Waals surface area contributed by atoms with Crippen LogP contribution in [0.4, 0.5) is 11.4 Å². The zero-order valence-electron chi connectivity index (χ0n) is 49.7. The van der Waals surface area contributed by atoms with Gasteiger partial charge in [0.05, 0.1) is 11.1 Å². The van der Waals surface area contributed by atoms with Crippen LogP contribution in [-0.2, 0) is 11.8 Å². The predicted molar refractivity (Wildman–Crippen MR) is 373 cm³/mol. The maximum atomic E-state index is 2.63. The Kier molecular flexibility index (Phi) is 13.9. The molecule has 0 heterocycles. The van der Waals surface area contributed by atoms with Crippen molar-refractivity contribution in [1.82, 2.24) is 0 Å². The Morgan fingerprint density at radius 3 is 1.21 bits per heavy atom. The molecule has 0 radical (unpaired) electrons. The van der Waals surface area contributed by atoms with Crippen LogP contribution in [0.3, 0.4) is 0 Å². The quantitative estimate of drug-likeness (QED) is 0.118. The van der Waals surface area contributed by atoms with Crippen LogP contribution >= 0.6 is 0 Å². The molecule has 0 bridgehead atoms. The lowest BCUT2D eigenvalue weighted by Gasteiger charge is -2.37. The van der Waals surface area contributed by atoms with E-state index in [1.165, 1.54) is 139 Å². The minimum atomic E-state index is -0.798. The van der Waals surface area contributed by atoms with Gasteiger partial charge in [-0.1, -0.05) is 315 Å². The fraction of sp³-hybridized carbons (Fsp3) is 0.0682. The summed E-state index contributed by atoms with van der Waals surface area (Å²) in [6, 6.07) is 123. The van der Waals surface area contributed by atoms with Gasteiger partial charge in [-0.25, -0.2) is 0 Å². The Hall–Kier alpha value is -10.9. The molecule has 89 heavy (non-hydrogen) atoms. The largest absolute Gasteiger partial charge is 0.314 e. The summed E-state index contributed by atoms with van der Waals surface area (Å²) in [5, 5.41) is 0. The minimum absolute atomic E-state index is 0.00627. The molecule has 1 atom stereocenters. The maximum Gasteiger partial charge on any atom is 0.0726 e. The van der Waals surface area contributed by atoms with E-state index in [1.807, 2.05) is 0 Å². The first-order chi connectivity index (χ1) is 44.2. The normalized spacial score (nSPS) is 13.6. The first-order valence-corrected chi connectivity index (χ1v) is 31.5. The number of rotatable bonds is 12. The molecule has 1 unspecified atom stereocenters. The first-order valence-electron chi connectivity index (χ1n) is 31.5. The summed E-state index contributed by atoms with van der Waals surface area (Å²) in [5.74, 6) is 0.00627. The van der Waals surface area contributed by atoms with Crippen molar-refractivity contribution in [3.8, 4) is 77.9 Å². The lowest BCUT2D eigenvalue weighted by molar-refractivity contribution is 0.713. The SMILES string of the molecule is C1=C(c2ccccc2)CCC(N(c2ccc(-c3ccccc3)cc2)c2cccc3c2-c2c(C(CCc4ccc(-c5ccccc5)cc4)c4ccc(-c5ccccc5)cc4)cccc2C32c3ccccc3-c3ccccc3-c3ccccc3-c3ccccc32)=C1. The highest BCUT2D eigenvalue weighted by Crippen LogP contribution is 2.64. The molecular formula is C88H65N. The zero-order valence-corrected chi connectivity index (χ0v) is 49.7. The van der Waals surface area contributed by atoms with E-state index >= 15 is 0 Å². The van der Waals surface area contributed by atoms with Crippen molar-refractivity contribution >= 4 is 16.9 Å². The molecule has 0 amide bonds. The molecule has 0 saturated heterocycles. The summed E-state index contributed by atoms with van der Waals surface area (Å²) in [5.41, 5.74) is 31.8. The van der Waals surface area contributed by atoms with E-state index in [9.17, 15) is 0 Å². The van der Waals surface area contributed by atoms with Gasteiger partial charge in [0.1, 0.15) is 0 Å². The third-order valence-electron chi connectivity index (χ3n) is 19.2. The van der Waals surface area contributed by atoms with Crippen molar-refractivity contribution in [1.29, 1.82) is 0 Å². The van der Waals surface area contributed by atoms with Crippen LogP contribution in [0, 0.1) is 0 Å². The van der Waals surface area contributed by atoms with Gasteiger partial charge in [0.25, 0.3) is 0 Å². The number of hydrogen-bond acceptors (Lipinski definition) is 1. The Morgan fingerprint density at radius 1 is 0.303 bits per heavy atom. The van der Waals surface area contributed by atoms with Gasteiger partial charge in [-0.05, 0) is 172 Å². The molecule has 0 saturated carbocycles. The number of fused-ring (bicyclic) bond motifs is 14. The van der Waals surface area contributed by atoms with Crippen molar-refractivity contribution in [2.45, 2.75) is 37.0 Å². The summed E-state index contributed by atoms with van der Waals surface area (Å²) < 4.78 is 0.